The normalized spacial score (nSPS) is 22.2. The first kappa shape index (κ1) is 27.3. The van der Waals surface area contributed by atoms with E-state index >= 15 is 0 Å². The number of nitrogens with one attached hydrogen (secondary N) is 2. The van der Waals surface area contributed by atoms with Crippen LogP contribution in [0.2, 0.25) is 0 Å². The van der Waals surface area contributed by atoms with E-state index in [1.165, 1.54) is 0 Å². The van der Waals surface area contributed by atoms with Crippen LogP contribution in [0.3, 0.4) is 0 Å². The molecule has 0 aromatic heterocycles. The number of piperidine rings is 1. The minimum absolute atomic E-state index is 0.0249. The molecule has 8 nitrogen and oxygen atoms in total. The van der Waals surface area contributed by atoms with Crippen molar-refractivity contribution in [3.05, 3.63) is 71.8 Å². The van der Waals surface area contributed by atoms with E-state index in [1.54, 1.807) is 30.3 Å². The fourth-order valence-corrected chi connectivity index (χ4v) is 7.44. The Kier molecular flexibility index (Phi) is 7.75. The number of hydrogen-bond donors (Lipinski definition) is 2. The zero-order valence-corrected chi connectivity index (χ0v) is 23.5. The average molecular weight is 549 g/mol. The Bertz CT molecular complexity index is 1510. The van der Waals surface area contributed by atoms with Crippen molar-refractivity contribution in [1.82, 2.24) is 14.5 Å². The molecular formula is C30H36N4O4S. The first-order chi connectivity index (χ1) is 18.7. The summed E-state index contributed by atoms with van der Waals surface area (Å²) in [6, 6.07) is 17.4. The van der Waals surface area contributed by atoms with Crippen LogP contribution in [0.4, 0.5) is 5.69 Å². The standard InChI is InChI=1S/C30H36N4O4S/c1-20-9-4-5-10-22(20)29(35)31-26-14-15-28(24-12-7-6-11-23(24)26)39(37,38)32-25-16-18-34(19-21(25)2)30(36)27-13-8-17-33(27)3/h4-7,9-12,14-15,21,25,27,32H,8,13,16-19H2,1-3H3,(H,31,35)/t21-,25-,27+/m1/s1. The number of likely N-dealkylation sites (tertiary alicyclic amines) is 2. The summed E-state index contributed by atoms with van der Waals surface area (Å²) in [6.45, 7) is 5.87. The molecule has 2 N–H and O–H groups in total. The second-order valence-corrected chi connectivity index (χ2v) is 12.5. The molecule has 2 amide bonds. The second-order valence-electron chi connectivity index (χ2n) is 10.8. The van der Waals surface area contributed by atoms with Crippen molar-refractivity contribution in [1.29, 1.82) is 0 Å². The number of anilines is 1. The molecule has 0 radical (unpaired) electrons. The van der Waals surface area contributed by atoms with Gasteiger partial charge in [0.05, 0.1) is 10.9 Å². The highest BCUT2D eigenvalue weighted by Crippen LogP contribution is 2.31. The summed E-state index contributed by atoms with van der Waals surface area (Å²) < 4.78 is 30.2. The third-order valence-electron chi connectivity index (χ3n) is 8.14. The lowest BCUT2D eigenvalue weighted by Crippen LogP contribution is -2.54. The third kappa shape index (κ3) is 5.57. The van der Waals surface area contributed by atoms with E-state index in [1.807, 2.05) is 56.1 Å². The highest BCUT2D eigenvalue weighted by Gasteiger charge is 2.37. The van der Waals surface area contributed by atoms with Crippen LogP contribution in [0.1, 0.15) is 42.1 Å². The van der Waals surface area contributed by atoms with Gasteiger partial charge in [0.1, 0.15) is 0 Å². The molecule has 0 saturated carbocycles. The molecule has 2 heterocycles. The van der Waals surface area contributed by atoms with Gasteiger partial charge in [-0.05, 0) is 69.5 Å². The molecule has 9 heteroatoms. The van der Waals surface area contributed by atoms with E-state index in [4.69, 9.17) is 0 Å². The SMILES string of the molecule is Cc1ccccc1C(=O)Nc1ccc(S(=O)(=O)N[C@@H]2CCN(C(=O)[C@@H]3CCCN3C)C[C@H]2C)c2ccccc12. The predicted octanol–water partition coefficient (Wildman–Crippen LogP) is 4.01. The van der Waals surface area contributed by atoms with E-state index in [0.29, 0.717) is 41.5 Å². The number of fused-ring (bicyclic) bond motifs is 1. The molecular weight excluding hydrogens is 512 g/mol. The number of benzene rings is 3. The molecule has 0 spiro atoms. The molecule has 0 unspecified atom stereocenters. The van der Waals surface area contributed by atoms with E-state index in [-0.39, 0.29) is 34.7 Å². The fraction of sp³-hybridized carbons (Fsp3) is 0.400. The lowest BCUT2D eigenvalue weighted by Gasteiger charge is -2.39. The van der Waals surface area contributed by atoms with Crippen molar-refractivity contribution < 1.29 is 18.0 Å². The lowest BCUT2D eigenvalue weighted by atomic mass is 9.94. The van der Waals surface area contributed by atoms with Crippen LogP contribution < -0.4 is 10.0 Å². The van der Waals surface area contributed by atoms with Gasteiger partial charge in [0.2, 0.25) is 15.9 Å². The molecule has 3 aromatic carbocycles. The van der Waals surface area contributed by atoms with Crippen molar-refractivity contribution in [2.45, 2.75) is 50.1 Å². The molecule has 2 aliphatic rings. The monoisotopic (exact) mass is 548 g/mol. The summed E-state index contributed by atoms with van der Waals surface area (Å²) in [6.07, 6.45) is 2.47. The van der Waals surface area contributed by atoms with Crippen molar-refractivity contribution in [2.75, 3.05) is 32.0 Å². The number of carbonyl (C=O) groups excluding carboxylic acids is 2. The number of rotatable bonds is 6. The molecule has 5 rings (SSSR count). The smallest absolute Gasteiger partial charge is 0.255 e. The summed E-state index contributed by atoms with van der Waals surface area (Å²) in [4.78, 5) is 30.2. The van der Waals surface area contributed by atoms with Crippen LogP contribution in [0, 0.1) is 12.8 Å². The summed E-state index contributed by atoms with van der Waals surface area (Å²) in [5.41, 5.74) is 1.98. The van der Waals surface area contributed by atoms with Gasteiger partial charge < -0.3 is 10.2 Å². The zero-order valence-electron chi connectivity index (χ0n) is 22.7. The second kappa shape index (κ2) is 11.1. The molecule has 3 atom stereocenters. The van der Waals surface area contributed by atoms with Gasteiger partial charge in [0.15, 0.2) is 0 Å². The Morgan fingerprint density at radius 1 is 0.923 bits per heavy atom. The van der Waals surface area contributed by atoms with Gasteiger partial charge in [-0.15, -0.1) is 0 Å². The average Bonchev–Trinajstić information content (AvgIpc) is 3.35. The van der Waals surface area contributed by atoms with Crippen molar-refractivity contribution in [3.63, 3.8) is 0 Å². The van der Waals surface area contributed by atoms with Gasteiger partial charge in [0.25, 0.3) is 5.91 Å². The number of amides is 2. The maximum absolute atomic E-state index is 13.6. The van der Waals surface area contributed by atoms with Crippen LogP contribution in [-0.4, -0.2) is 68.8 Å². The van der Waals surface area contributed by atoms with E-state index in [2.05, 4.69) is 14.9 Å². The molecule has 2 fully saturated rings. The third-order valence-corrected chi connectivity index (χ3v) is 9.69. The predicted molar refractivity (Wildman–Crippen MR) is 153 cm³/mol. The number of aryl methyl sites for hydroxylation is 1. The molecule has 2 saturated heterocycles. The molecule has 0 bridgehead atoms. The van der Waals surface area contributed by atoms with Gasteiger partial charge in [-0.3, -0.25) is 14.5 Å². The van der Waals surface area contributed by atoms with E-state index < -0.39 is 10.0 Å². The quantitative estimate of drug-likeness (QED) is 0.485. The van der Waals surface area contributed by atoms with Gasteiger partial charge >= 0.3 is 0 Å². The number of hydrogen-bond acceptors (Lipinski definition) is 5. The van der Waals surface area contributed by atoms with Gasteiger partial charge in [-0.25, -0.2) is 13.1 Å². The summed E-state index contributed by atoms with van der Waals surface area (Å²) in [5.74, 6) is -0.119. The number of likely N-dealkylation sites (N-methyl/N-ethyl adjacent to an activating group) is 1. The van der Waals surface area contributed by atoms with E-state index in [0.717, 1.165) is 24.9 Å². The minimum Gasteiger partial charge on any atom is -0.341 e. The minimum atomic E-state index is -3.86. The van der Waals surface area contributed by atoms with Crippen LogP contribution in [0.25, 0.3) is 10.8 Å². The van der Waals surface area contributed by atoms with Crippen LogP contribution >= 0.6 is 0 Å². The number of sulfonamides is 1. The van der Waals surface area contributed by atoms with Crippen molar-refractivity contribution >= 4 is 38.3 Å². The first-order valence-corrected chi connectivity index (χ1v) is 15.0. The Morgan fingerprint density at radius 3 is 2.33 bits per heavy atom. The topological polar surface area (TPSA) is 98.8 Å². The Hall–Kier alpha value is -3.27. The maximum Gasteiger partial charge on any atom is 0.255 e. The first-order valence-electron chi connectivity index (χ1n) is 13.6. The summed E-state index contributed by atoms with van der Waals surface area (Å²) >= 11 is 0. The highest BCUT2D eigenvalue weighted by molar-refractivity contribution is 7.89. The zero-order chi connectivity index (χ0) is 27.7. The van der Waals surface area contributed by atoms with Crippen LogP contribution in [0.15, 0.2) is 65.6 Å². The van der Waals surface area contributed by atoms with Gasteiger partial charge in [-0.1, -0.05) is 49.4 Å². The molecule has 2 aliphatic heterocycles. The Balaban J connectivity index is 1.33. The maximum atomic E-state index is 13.6. The lowest BCUT2D eigenvalue weighted by molar-refractivity contribution is -0.137. The van der Waals surface area contributed by atoms with Crippen LogP contribution in [-0.2, 0) is 14.8 Å². The van der Waals surface area contributed by atoms with Crippen molar-refractivity contribution in [2.24, 2.45) is 5.92 Å². The van der Waals surface area contributed by atoms with Gasteiger partial charge in [0, 0.05) is 41.2 Å². The molecule has 39 heavy (non-hydrogen) atoms. The van der Waals surface area contributed by atoms with Gasteiger partial charge in [-0.2, -0.15) is 0 Å². The Labute approximate surface area is 230 Å². The number of carbonyl (C=O) groups is 2. The van der Waals surface area contributed by atoms with E-state index in [9.17, 15) is 18.0 Å². The van der Waals surface area contributed by atoms with Crippen molar-refractivity contribution in [3.8, 4) is 0 Å². The largest absolute Gasteiger partial charge is 0.341 e. The molecule has 3 aromatic rings. The fourth-order valence-electron chi connectivity index (χ4n) is 5.85. The summed E-state index contributed by atoms with van der Waals surface area (Å²) in [7, 11) is -1.87. The molecule has 0 aliphatic carbocycles. The molecule has 206 valence electrons. The summed E-state index contributed by atoms with van der Waals surface area (Å²) in [5, 5.41) is 4.14. The number of nitrogens with zero attached hydrogens (tertiary/aromatic N) is 2. The van der Waals surface area contributed by atoms with Crippen LogP contribution in [0.5, 0.6) is 0 Å². The Morgan fingerprint density at radius 2 is 1.64 bits per heavy atom. The highest BCUT2D eigenvalue weighted by atomic mass is 32.2.